The molecule has 1 nitrogen and oxygen atoms in total. The quantitative estimate of drug-likeness (QED) is 0.679. The lowest BCUT2D eigenvalue weighted by Crippen LogP contribution is -2.19. The van der Waals surface area contributed by atoms with Crippen molar-refractivity contribution in [3.63, 3.8) is 0 Å². The normalized spacial score (nSPS) is 10.4. The molecule has 0 saturated heterocycles. The van der Waals surface area contributed by atoms with E-state index in [1.807, 2.05) is 12.1 Å². The number of hydrogen-bond donors (Lipinski definition) is 0. The molecule has 1 radical (unpaired) electrons. The Hall–Kier alpha value is -1.02. The molecule has 0 saturated carbocycles. The maximum Gasteiger partial charge on any atom is 0.280 e. The molecular formula is C13H19OSi. The van der Waals surface area contributed by atoms with Gasteiger partial charge in [0.15, 0.2) is 0 Å². The van der Waals surface area contributed by atoms with Gasteiger partial charge in [0.25, 0.3) is 9.04 Å². The third kappa shape index (κ3) is 2.96. The lowest BCUT2D eigenvalue weighted by atomic mass is 10.1. The molecule has 1 aromatic carbocycles. The fourth-order valence-corrected chi connectivity index (χ4v) is 2.87. The van der Waals surface area contributed by atoms with Gasteiger partial charge in [-0.05, 0) is 24.6 Å². The first kappa shape index (κ1) is 12.0. The maximum atomic E-state index is 6.10. The Labute approximate surface area is 94.5 Å². The molecule has 0 amide bonds. The number of rotatable bonds is 5. The average Bonchev–Trinajstić information content (AvgIpc) is 2.27. The summed E-state index contributed by atoms with van der Waals surface area (Å²) in [6.45, 7) is 10.3. The van der Waals surface area contributed by atoms with Gasteiger partial charge in [-0.15, -0.1) is 0 Å². The Morgan fingerprint density at radius 1 is 1.33 bits per heavy atom. The molecule has 0 aliphatic rings. The van der Waals surface area contributed by atoms with Crippen molar-refractivity contribution in [2.45, 2.75) is 32.9 Å². The third-order valence-corrected chi connectivity index (χ3v) is 4.57. The molecule has 1 rings (SSSR count). The number of benzene rings is 1. The van der Waals surface area contributed by atoms with Gasteiger partial charge in [0, 0.05) is 5.56 Å². The van der Waals surface area contributed by atoms with E-state index in [9.17, 15) is 0 Å². The van der Waals surface area contributed by atoms with Gasteiger partial charge >= 0.3 is 0 Å². The number of hydrogen-bond acceptors (Lipinski definition) is 1. The van der Waals surface area contributed by atoms with Crippen LogP contribution in [0.3, 0.4) is 0 Å². The summed E-state index contributed by atoms with van der Waals surface area (Å²) in [6.07, 6.45) is 1.87. The van der Waals surface area contributed by atoms with Crippen LogP contribution in [0.15, 0.2) is 24.8 Å². The predicted octanol–water partition coefficient (Wildman–Crippen LogP) is 4.05. The zero-order valence-electron chi connectivity index (χ0n) is 9.84. The molecule has 0 aliphatic carbocycles. The van der Waals surface area contributed by atoms with Crippen molar-refractivity contribution < 1.29 is 4.43 Å². The minimum atomic E-state index is -0.678. The molecule has 1 aromatic rings. The molecule has 0 fully saturated rings. The first-order chi connectivity index (χ1) is 7.22. The SMILES string of the molecule is C=Cc1cccc(C)c1O[Si](CC)CC. The van der Waals surface area contributed by atoms with Gasteiger partial charge in [0.05, 0.1) is 0 Å². The maximum absolute atomic E-state index is 6.10. The van der Waals surface area contributed by atoms with Gasteiger partial charge in [0.2, 0.25) is 0 Å². The molecular weight excluding hydrogens is 200 g/mol. The molecule has 0 heterocycles. The lowest BCUT2D eigenvalue weighted by Gasteiger charge is -2.17. The van der Waals surface area contributed by atoms with Gasteiger partial charge < -0.3 is 4.43 Å². The van der Waals surface area contributed by atoms with Crippen molar-refractivity contribution in [3.05, 3.63) is 35.9 Å². The summed E-state index contributed by atoms with van der Waals surface area (Å²) in [7, 11) is -0.678. The minimum Gasteiger partial charge on any atom is -0.541 e. The zero-order valence-corrected chi connectivity index (χ0v) is 10.8. The summed E-state index contributed by atoms with van der Waals surface area (Å²) in [6, 6.07) is 8.48. The lowest BCUT2D eigenvalue weighted by molar-refractivity contribution is 0.560. The summed E-state index contributed by atoms with van der Waals surface area (Å²) in [5.74, 6) is 1.03. The summed E-state index contributed by atoms with van der Waals surface area (Å²) < 4.78 is 6.10. The molecule has 0 spiro atoms. The number of para-hydroxylation sites is 1. The summed E-state index contributed by atoms with van der Waals surface area (Å²) in [5, 5.41) is 0. The summed E-state index contributed by atoms with van der Waals surface area (Å²) in [4.78, 5) is 0. The Bertz CT molecular complexity index is 329. The number of aryl methyl sites for hydroxylation is 1. The van der Waals surface area contributed by atoms with E-state index in [0.29, 0.717) is 0 Å². The molecule has 0 bridgehead atoms. The molecule has 81 valence electrons. The van der Waals surface area contributed by atoms with E-state index in [4.69, 9.17) is 4.43 Å². The average molecular weight is 219 g/mol. The van der Waals surface area contributed by atoms with E-state index < -0.39 is 9.04 Å². The molecule has 0 aliphatic heterocycles. The van der Waals surface area contributed by atoms with E-state index in [-0.39, 0.29) is 0 Å². The van der Waals surface area contributed by atoms with Crippen LogP contribution in [0, 0.1) is 6.92 Å². The fraction of sp³-hybridized carbons (Fsp3) is 0.385. The third-order valence-electron chi connectivity index (χ3n) is 2.50. The van der Waals surface area contributed by atoms with Crippen LogP contribution in [0.5, 0.6) is 5.75 Å². The van der Waals surface area contributed by atoms with Crippen molar-refractivity contribution >= 4 is 15.1 Å². The second-order valence-electron chi connectivity index (χ2n) is 3.55. The van der Waals surface area contributed by atoms with Gasteiger partial charge in [0.1, 0.15) is 5.75 Å². The van der Waals surface area contributed by atoms with E-state index >= 15 is 0 Å². The first-order valence-corrected chi connectivity index (χ1v) is 7.29. The molecule has 0 N–H and O–H groups in total. The Kier molecular flexibility index (Phi) is 4.63. The van der Waals surface area contributed by atoms with E-state index in [0.717, 1.165) is 23.4 Å². The highest BCUT2D eigenvalue weighted by molar-refractivity contribution is 6.52. The van der Waals surface area contributed by atoms with E-state index in [2.05, 4.69) is 39.5 Å². The van der Waals surface area contributed by atoms with Crippen molar-refractivity contribution in [2.75, 3.05) is 0 Å². The molecule has 0 unspecified atom stereocenters. The van der Waals surface area contributed by atoms with Crippen molar-refractivity contribution in [1.29, 1.82) is 0 Å². The zero-order chi connectivity index (χ0) is 11.3. The van der Waals surface area contributed by atoms with Gasteiger partial charge in [-0.25, -0.2) is 0 Å². The van der Waals surface area contributed by atoms with Gasteiger partial charge in [-0.3, -0.25) is 0 Å². The highest BCUT2D eigenvalue weighted by Crippen LogP contribution is 2.25. The largest absolute Gasteiger partial charge is 0.541 e. The molecule has 0 aromatic heterocycles. The van der Waals surface area contributed by atoms with Crippen LogP contribution in [0.25, 0.3) is 6.08 Å². The minimum absolute atomic E-state index is 0.678. The second-order valence-corrected chi connectivity index (χ2v) is 6.24. The van der Waals surface area contributed by atoms with Gasteiger partial charge in [-0.1, -0.05) is 44.7 Å². The highest BCUT2D eigenvalue weighted by atomic mass is 28.3. The predicted molar refractivity (Wildman–Crippen MR) is 68.6 cm³/mol. The van der Waals surface area contributed by atoms with Crippen molar-refractivity contribution in [1.82, 2.24) is 0 Å². The van der Waals surface area contributed by atoms with Crippen LogP contribution in [-0.2, 0) is 0 Å². The van der Waals surface area contributed by atoms with Crippen LogP contribution in [0.4, 0.5) is 0 Å². The highest BCUT2D eigenvalue weighted by Gasteiger charge is 2.13. The molecule has 0 atom stereocenters. The summed E-state index contributed by atoms with van der Waals surface area (Å²) in [5.41, 5.74) is 2.32. The van der Waals surface area contributed by atoms with Crippen LogP contribution in [-0.4, -0.2) is 9.04 Å². The van der Waals surface area contributed by atoms with Gasteiger partial charge in [-0.2, -0.15) is 0 Å². The molecule has 15 heavy (non-hydrogen) atoms. The monoisotopic (exact) mass is 219 g/mol. The second kappa shape index (κ2) is 5.76. The van der Waals surface area contributed by atoms with Crippen LogP contribution in [0.2, 0.25) is 12.1 Å². The first-order valence-electron chi connectivity index (χ1n) is 5.47. The molecule has 2 heteroatoms. The fourth-order valence-electron chi connectivity index (χ4n) is 1.51. The van der Waals surface area contributed by atoms with Crippen LogP contribution < -0.4 is 4.43 Å². The van der Waals surface area contributed by atoms with Crippen molar-refractivity contribution in [2.24, 2.45) is 0 Å². The smallest absolute Gasteiger partial charge is 0.280 e. The summed E-state index contributed by atoms with van der Waals surface area (Å²) >= 11 is 0. The Morgan fingerprint density at radius 3 is 2.53 bits per heavy atom. The Balaban J connectivity index is 2.96. The van der Waals surface area contributed by atoms with E-state index in [1.165, 1.54) is 5.56 Å². The van der Waals surface area contributed by atoms with Crippen LogP contribution >= 0.6 is 0 Å². The van der Waals surface area contributed by atoms with Crippen molar-refractivity contribution in [3.8, 4) is 5.75 Å². The Morgan fingerprint density at radius 2 is 2.00 bits per heavy atom. The van der Waals surface area contributed by atoms with E-state index in [1.54, 1.807) is 0 Å². The topological polar surface area (TPSA) is 9.23 Å². The standard InChI is InChI=1S/C13H19OSi/c1-5-12-10-8-9-11(4)13(12)14-15(6-2)7-3/h5,8-10H,1,6-7H2,2-4H3. The van der Waals surface area contributed by atoms with Crippen LogP contribution in [0.1, 0.15) is 25.0 Å².